The Labute approximate surface area is 63.3 Å². The number of hydrogen-bond acceptors (Lipinski definition) is 4. The first kappa shape index (κ1) is 7.59. The summed E-state index contributed by atoms with van der Waals surface area (Å²) in [7, 11) is 3.48. The highest BCUT2D eigenvalue weighted by molar-refractivity contribution is 5.82. The summed E-state index contributed by atoms with van der Waals surface area (Å²) in [4.78, 5) is 15.4. The summed E-state index contributed by atoms with van der Waals surface area (Å²) in [6.45, 7) is 0. The molecule has 0 fully saturated rings. The van der Waals surface area contributed by atoms with Crippen molar-refractivity contribution in [1.82, 2.24) is 4.98 Å². The highest BCUT2D eigenvalue weighted by Crippen LogP contribution is 2.11. The van der Waals surface area contributed by atoms with E-state index in [-0.39, 0.29) is 5.89 Å². The van der Waals surface area contributed by atoms with Gasteiger partial charge in [0.15, 0.2) is 0 Å². The Morgan fingerprint density at radius 3 is 2.64 bits per heavy atom. The van der Waals surface area contributed by atoms with Gasteiger partial charge in [0.1, 0.15) is 0 Å². The number of hydrogen-bond donors (Lipinski definition) is 1. The van der Waals surface area contributed by atoms with Crippen LogP contribution in [0.1, 0.15) is 10.7 Å². The first-order valence-corrected chi connectivity index (χ1v) is 2.97. The quantitative estimate of drug-likeness (QED) is 0.672. The van der Waals surface area contributed by atoms with Gasteiger partial charge in [-0.2, -0.15) is 0 Å². The molecule has 0 unspecified atom stereocenters. The van der Waals surface area contributed by atoms with Crippen LogP contribution in [0, 0.1) is 0 Å². The van der Waals surface area contributed by atoms with E-state index in [4.69, 9.17) is 9.52 Å². The number of nitrogens with zero attached hydrogens (tertiary/aromatic N) is 2. The fraction of sp³-hybridized carbons (Fsp3) is 0.333. The third kappa shape index (κ3) is 1.49. The van der Waals surface area contributed by atoms with Crippen molar-refractivity contribution in [1.29, 1.82) is 0 Å². The van der Waals surface area contributed by atoms with Crippen LogP contribution >= 0.6 is 0 Å². The smallest absolute Gasteiger partial charge is 0.392 e. The van der Waals surface area contributed by atoms with Gasteiger partial charge in [-0.1, -0.05) is 0 Å². The van der Waals surface area contributed by atoms with Gasteiger partial charge in [0, 0.05) is 14.1 Å². The van der Waals surface area contributed by atoms with Crippen LogP contribution in [0.25, 0.3) is 0 Å². The zero-order valence-corrected chi connectivity index (χ0v) is 6.24. The molecule has 0 radical (unpaired) electrons. The van der Waals surface area contributed by atoms with Crippen molar-refractivity contribution < 1.29 is 14.3 Å². The normalized spacial score (nSPS) is 9.64. The van der Waals surface area contributed by atoms with E-state index < -0.39 is 5.97 Å². The van der Waals surface area contributed by atoms with E-state index >= 15 is 0 Å². The SMILES string of the molecule is CN(C)c1cnc(C(=O)O)o1. The molecule has 5 heteroatoms. The number of oxazole rings is 1. The number of carboxylic acid groups (broad SMARTS) is 1. The van der Waals surface area contributed by atoms with Crippen molar-refractivity contribution in [3.8, 4) is 0 Å². The molecule has 1 rings (SSSR count). The van der Waals surface area contributed by atoms with Crippen LogP contribution in [0.3, 0.4) is 0 Å². The molecule has 0 saturated heterocycles. The van der Waals surface area contributed by atoms with Crippen molar-refractivity contribution in [2.24, 2.45) is 0 Å². The monoisotopic (exact) mass is 156 g/mol. The predicted molar refractivity (Wildman–Crippen MR) is 37.8 cm³/mol. The third-order valence-electron chi connectivity index (χ3n) is 1.12. The minimum Gasteiger partial charge on any atom is -0.474 e. The average Bonchev–Trinajstić information content (AvgIpc) is 2.33. The number of carbonyl (C=O) groups is 1. The van der Waals surface area contributed by atoms with E-state index in [0.29, 0.717) is 5.88 Å². The van der Waals surface area contributed by atoms with Crippen LogP contribution in [0.2, 0.25) is 0 Å². The van der Waals surface area contributed by atoms with Gasteiger partial charge >= 0.3 is 11.9 Å². The second-order valence-corrected chi connectivity index (χ2v) is 2.20. The van der Waals surface area contributed by atoms with Crippen LogP contribution in [0.4, 0.5) is 5.88 Å². The van der Waals surface area contributed by atoms with Crippen LogP contribution in [0.15, 0.2) is 10.6 Å². The molecule has 1 aromatic rings. The van der Waals surface area contributed by atoms with E-state index in [2.05, 4.69) is 4.98 Å². The molecular formula is C6H8N2O3. The summed E-state index contributed by atoms with van der Waals surface area (Å²) >= 11 is 0. The fourth-order valence-electron chi connectivity index (χ4n) is 0.571. The maximum atomic E-state index is 10.3. The first-order chi connectivity index (χ1) is 5.11. The number of aromatic carboxylic acids is 1. The van der Waals surface area contributed by atoms with Gasteiger partial charge in [-0.15, -0.1) is 0 Å². The Bertz CT molecular complexity index is 267. The molecule has 1 heterocycles. The lowest BCUT2D eigenvalue weighted by atomic mass is 10.7. The second kappa shape index (κ2) is 2.61. The maximum absolute atomic E-state index is 10.3. The highest BCUT2D eigenvalue weighted by atomic mass is 16.4. The van der Waals surface area contributed by atoms with Crippen LogP contribution in [0.5, 0.6) is 0 Å². The summed E-state index contributed by atoms with van der Waals surface area (Å²) < 4.78 is 4.82. The Kier molecular flexibility index (Phi) is 1.80. The van der Waals surface area contributed by atoms with E-state index in [1.54, 1.807) is 19.0 Å². The van der Waals surface area contributed by atoms with E-state index in [9.17, 15) is 4.79 Å². The Balaban J connectivity index is 2.90. The zero-order valence-electron chi connectivity index (χ0n) is 6.24. The van der Waals surface area contributed by atoms with Crippen LogP contribution in [-0.4, -0.2) is 30.2 Å². The summed E-state index contributed by atoms with van der Waals surface area (Å²) in [5.74, 6) is -1.01. The van der Waals surface area contributed by atoms with E-state index in [1.165, 1.54) is 6.20 Å². The number of anilines is 1. The number of carboxylic acids is 1. The minimum atomic E-state index is -1.15. The van der Waals surface area contributed by atoms with Crippen molar-refractivity contribution in [3.63, 3.8) is 0 Å². The van der Waals surface area contributed by atoms with Gasteiger partial charge in [0.05, 0.1) is 6.20 Å². The summed E-state index contributed by atoms with van der Waals surface area (Å²) in [5, 5.41) is 8.41. The molecule has 0 aromatic carbocycles. The van der Waals surface area contributed by atoms with Crippen molar-refractivity contribution in [2.45, 2.75) is 0 Å². The zero-order chi connectivity index (χ0) is 8.43. The average molecular weight is 156 g/mol. The largest absolute Gasteiger partial charge is 0.474 e. The topological polar surface area (TPSA) is 66.6 Å². The lowest BCUT2D eigenvalue weighted by molar-refractivity contribution is 0.0654. The lowest BCUT2D eigenvalue weighted by Gasteiger charge is -2.04. The Hall–Kier alpha value is -1.52. The molecular weight excluding hydrogens is 148 g/mol. The molecule has 0 spiro atoms. The minimum absolute atomic E-state index is 0.284. The molecule has 0 amide bonds. The number of rotatable bonds is 2. The molecule has 0 aliphatic carbocycles. The van der Waals surface area contributed by atoms with Gasteiger partial charge in [-0.05, 0) is 0 Å². The lowest BCUT2D eigenvalue weighted by Crippen LogP contribution is -2.07. The van der Waals surface area contributed by atoms with Gasteiger partial charge in [-0.3, -0.25) is 0 Å². The van der Waals surface area contributed by atoms with E-state index in [0.717, 1.165) is 0 Å². The van der Waals surface area contributed by atoms with Crippen molar-refractivity contribution in [3.05, 3.63) is 12.1 Å². The van der Waals surface area contributed by atoms with Crippen molar-refractivity contribution in [2.75, 3.05) is 19.0 Å². The first-order valence-electron chi connectivity index (χ1n) is 2.97. The van der Waals surface area contributed by atoms with Crippen LogP contribution < -0.4 is 4.90 Å². The van der Waals surface area contributed by atoms with E-state index in [1.807, 2.05) is 0 Å². The fourth-order valence-corrected chi connectivity index (χ4v) is 0.571. The summed E-state index contributed by atoms with van der Waals surface area (Å²) in [5.41, 5.74) is 0. The highest BCUT2D eigenvalue weighted by Gasteiger charge is 2.11. The molecule has 1 N–H and O–H groups in total. The molecule has 0 aliphatic heterocycles. The molecule has 0 atom stereocenters. The molecule has 0 aliphatic rings. The predicted octanol–water partition coefficient (Wildman–Crippen LogP) is 0.439. The standard InChI is InChI=1S/C6H8N2O3/c1-8(2)4-3-7-5(11-4)6(9)10/h3H,1-2H3,(H,9,10). The molecule has 0 bridgehead atoms. The van der Waals surface area contributed by atoms with Crippen molar-refractivity contribution >= 4 is 11.9 Å². The Morgan fingerprint density at radius 2 is 2.36 bits per heavy atom. The van der Waals surface area contributed by atoms with Gasteiger partial charge in [0.25, 0.3) is 0 Å². The third-order valence-corrected chi connectivity index (χ3v) is 1.12. The van der Waals surface area contributed by atoms with Gasteiger partial charge < -0.3 is 14.4 Å². The van der Waals surface area contributed by atoms with Crippen LogP contribution in [-0.2, 0) is 0 Å². The molecule has 5 nitrogen and oxygen atoms in total. The second-order valence-electron chi connectivity index (χ2n) is 2.20. The molecule has 0 saturated carbocycles. The number of aromatic nitrogens is 1. The molecule has 60 valence electrons. The summed E-state index contributed by atoms with van der Waals surface area (Å²) in [6, 6.07) is 0. The Morgan fingerprint density at radius 1 is 1.73 bits per heavy atom. The van der Waals surface area contributed by atoms with Gasteiger partial charge in [0.2, 0.25) is 5.88 Å². The van der Waals surface area contributed by atoms with Gasteiger partial charge in [-0.25, -0.2) is 9.78 Å². The maximum Gasteiger partial charge on any atom is 0.392 e. The molecule has 11 heavy (non-hydrogen) atoms. The molecule has 1 aromatic heterocycles. The summed E-state index contributed by atoms with van der Waals surface area (Å²) in [6.07, 6.45) is 1.36.